The number of likely N-dealkylation sites (N-methyl/N-ethyl adjacent to an activating group) is 1. The quantitative estimate of drug-likeness (QED) is 0.734. The lowest BCUT2D eigenvalue weighted by Gasteiger charge is -2.30. The number of amides is 1. The predicted octanol–water partition coefficient (Wildman–Crippen LogP) is 0.881. The van der Waals surface area contributed by atoms with E-state index in [4.69, 9.17) is 4.74 Å². The minimum atomic E-state index is -0.123. The number of hydrogen-bond donors (Lipinski definition) is 1. The van der Waals surface area contributed by atoms with E-state index in [-0.39, 0.29) is 18.5 Å². The lowest BCUT2D eigenvalue weighted by atomic mass is 10.0. The first-order chi connectivity index (χ1) is 11.7. The van der Waals surface area contributed by atoms with Crippen LogP contribution in [0.25, 0.3) is 0 Å². The molecule has 2 aromatic rings. The molecule has 0 saturated heterocycles. The predicted molar refractivity (Wildman–Crippen MR) is 89.5 cm³/mol. The van der Waals surface area contributed by atoms with Gasteiger partial charge in [0.25, 0.3) is 0 Å². The second-order valence-electron chi connectivity index (χ2n) is 5.33. The summed E-state index contributed by atoms with van der Waals surface area (Å²) in [5.74, 6) is 0.687. The van der Waals surface area contributed by atoms with Crippen LogP contribution < -0.4 is 10.1 Å². The topological polar surface area (TPSA) is 85.2 Å². The van der Waals surface area contributed by atoms with Gasteiger partial charge in [0.1, 0.15) is 18.6 Å². The van der Waals surface area contributed by atoms with Crippen LogP contribution in [-0.4, -0.2) is 57.8 Å². The first-order valence-corrected chi connectivity index (χ1v) is 8.03. The smallest absolute Gasteiger partial charge is 0.241 e. The van der Waals surface area contributed by atoms with Crippen LogP contribution in [0.4, 0.5) is 0 Å². The van der Waals surface area contributed by atoms with Gasteiger partial charge in [0, 0.05) is 6.54 Å². The standard InChI is InChI=1S/C16H24N6O2/c1-4-21(5-2)15(13-7-6-8-14(9-13)24-3)10-17-16(23)11-22-12-18-19-20-22/h6-9,12,15H,4-5,10-11H2,1-3H3,(H,17,23). The average Bonchev–Trinajstić information content (AvgIpc) is 3.11. The van der Waals surface area contributed by atoms with Gasteiger partial charge in [-0.2, -0.15) is 0 Å². The van der Waals surface area contributed by atoms with Crippen molar-refractivity contribution in [1.82, 2.24) is 30.4 Å². The average molecular weight is 332 g/mol. The van der Waals surface area contributed by atoms with E-state index in [2.05, 4.69) is 45.7 Å². The van der Waals surface area contributed by atoms with Crippen LogP contribution in [0.3, 0.4) is 0 Å². The maximum Gasteiger partial charge on any atom is 0.241 e. The van der Waals surface area contributed by atoms with Crippen LogP contribution in [-0.2, 0) is 11.3 Å². The number of aromatic nitrogens is 4. The van der Waals surface area contributed by atoms with Crippen molar-refractivity contribution in [2.75, 3.05) is 26.7 Å². The molecule has 1 atom stereocenters. The molecule has 1 amide bonds. The molecule has 0 aliphatic carbocycles. The first-order valence-electron chi connectivity index (χ1n) is 8.03. The fraction of sp³-hybridized carbons (Fsp3) is 0.500. The summed E-state index contributed by atoms with van der Waals surface area (Å²) in [5, 5.41) is 13.7. The van der Waals surface area contributed by atoms with Gasteiger partial charge in [0.2, 0.25) is 5.91 Å². The van der Waals surface area contributed by atoms with Gasteiger partial charge in [0.05, 0.1) is 13.2 Å². The molecule has 8 heteroatoms. The Morgan fingerprint density at radius 1 is 1.38 bits per heavy atom. The zero-order chi connectivity index (χ0) is 17.4. The van der Waals surface area contributed by atoms with Gasteiger partial charge >= 0.3 is 0 Å². The highest BCUT2D eigenvalue weighted by molar-refractivity contribution is 5.75. The maximum atomic E-state index is 12.1. The largest absolute Gasteiger partial charge is 0.497 e. The highest BCUT2D eigenvalue weighted by Gasteiger charge is 2.19. The molecule has 0 radical (unpaired) electrons. The minimum absolute atomic E-state index is 0.0768. The Morgan fingerprint density at radius 3 is 2.79 bits per heavy atom. The summed E-state index contributed by atoms with van der Waals surface area (Å²) >= 11 is 0. The SMILES string of the molecule is CCN(CC)C(CNC(=O)Cn1cnnn1)c1cccc(OC)c1. The van der Waals surface area contributed by atoms with Gasteiger partial charge in [0.15, 0.2) is 0 Å². The zero-order valence-corrected chi connectivity index (χ0v) is 14.3. The lowest BCUT2D eigenvalue weighted by Crippen LogP contribution is -2.39. The summed E-state index contributed by atoms with van der Waals surface area (Å²) in [4.78, 5) is 14.4. The van der Waals surface area contributed by atoms with Crippen molar-refractivity contribution in [2.24, 2.45) is 0 Å². The van der Waals surface area contributed by atoms with Crippen molar-refractivity contribution in [3.8, 4) is 5.75 Å². The molecule has 1 aromatic carbocycles. The third-order valence-corrected chi connectivity index (χ3v) is 3.92. The Hall–Kier alpha value is -2.48. The molecule has 0 spiro atoms. The highest BCUT2D eigenvalue weighted by atomic mass is 16.5. The molecule has 130 valence electrons. The second-order valence-corrected chi connectivity index (χ2v) is 5.33. The highest BCUT2D eigenvalue weighted by Crippen LogP contribution is 2.23. The Morgan fingerprint density at radius 2 is 2.17 bits per heavy atom. The van der Waals surface area contributed by atoms with Crippen LogP contribution in [0.15, 0.2) is 30.6 Å². The molecule has 24 heavy (non-hydrogen) atoms. The fourth-order valence-corrected chi connectivity index (χ4v) is 2.64. The van der Waals surface area contributed by atoms with Gasteiger partial charge < -0.3 is 10.1 Å². The summed E-state index contributed by atoms with van der Waals surface area (Å²) in [7, 11) is 1.65. The van der Waals surface area contributed by atoms with Gasteiger partial charge in [-0.1, -0.05) is 26.0 Å². The van der Waals surface area contributed by atoms with E-state index in [9.17, 15) is 4.79 Å². The monoisotopic (exact) mass is 332 g/mol. The summed E-state index contributed by atoms with van der Waals surface area (Å²) in [6, 6.07) is 8.02. The number of nitrogens with one attached hydrogen (secondary N) is 1. The summed E-state index contributed by atoms with van der Waals surface area (Å²) in [5.41, 5.74) is 1.11. The number of ether oxygens (including phenoxy) is 1. The molecule has 0 fully saturated rings. The molecule has 0 aliphatic heterocycles. The molecular formula is C16H24N6O2. The van der Waals surface area contributed by atoms with Crippen molar-refractivity contribution in [1.29, 1.82) is 0 Å². The van der Waals surface area contributed by atoms with Gasteiger partial charge in [-0.05, 0) is 41.2 Å². The minimum Gasteiger partial charge on any atom is -0.497 e. The van der Waals surface area contributed by atoms with E-state index in [0.717, 1.165) is 24.4 Å². The molecule has 8 nitrogen and oxygen atoms in total. The van der Waals surface area contributed by atoms with Crippen molar-refractivity contribution in [3.63, 3.8) is 0 Å². The fourth-order valence-electron chi connectivity index (χ4n) is 2.64. The van der Waals surface area contributed by atoms with Gasteiger partial charge in [-0.3, -0.25) is 9.69 Å². The van der Waals surface area contributed by atoms with Crippen molar-refractivity contribution < 1.29 is 9.53 Å². The number of tetrazole rings is 1. The van der Waals surface area contributed by atoms with E-state index in [1.807, 2.05) is 18.2 Å². The lowest BCUT2D eigenvalue weighted by molar-refractivity contribution is -0.122. The van der Waals surface area contributed by atoms with Crippen molar-refractivity contribution >= 4 is 5.91 Å². The number of nitrogens with zero attached hydrogens (tertiary/aromatic N) is 5. The summed E-state index contributed by atoms with van der Waals surface area (Å²) in [6.45, 7) is 6.62. The Bertz CT molecular complexity index is 627. The number of methoxy groups -OCH3 is 1. The van der Waals surface area contributed by atoms with E-state index >= 15 is 0 Å². The molecule has 2 rings (SSSR count). The van der Waals surface area contributed by atoms with Crippen molar-refractivity contribution in [2.45, 2.75) is 26.4 Å². The second kappa shape index (κ2) is 8.97. The number of hydrogen-bond acceptors (Lipinski definition) is 6. The van der Waals surface area contributed by atoms with Crippen molar-refractivity contribution in [3.05, 3.63) is 36.2 Å². The molecule has 0 bridgehead atoms. The number of carbonyl (C=O) groups excluding carboxylic acids is 1. The van der Waals surface area contributed by atoms with Crippen LogP contribution in [0, 0.1) is 0 Å². The van der Waals surface area contributed by atoms with Crippen LogP contribution in [0.1, 0.15) is 25.5 Å². The summed E-state index contributed by atoms with van der Waals surface area (Å²) in [6.07, 6.45) is 1.42. The third-order valence-electron chi connectivity index (χ3n) is 3.92. The number of rotatable bonds is 9. The normalized spacial score (nSPS) is 12.2. The zero-order valence-electron chi connectivity index (χ0n) is 14.3. The Labute approximate surface area is 141 Å². The molecule has 0 aliphatic rings. The Kier molecular flexibility index (Phi) is 6.68. The third kappa shape index (κ3) is 4.76. The number of benzene rings is 1. The molecule has 1 unspecified atom stereocenters. The molecule has 1 aromatic heterocycles. The van der Waals surface area contributed by atoms with E-state index in [0.29, 0.717) is 6.54 Å². The first kappa shape index (κ1) is 17.9. The maximum absolute atomic E-state index is 12.1. The van der Waals surface area contributed by atoms with Crippen LogP contribution >= 0.6 is 0 Å². The molecule has 0 saturated carbocycles. The van der Waals surface area contributed by atoms with Crippen LogP contribution in [0.2, 0.25) is 0 Å². The summed E-state index contributed by atoms with van der Waals surface area (Å²) < 4.78 is 6.71. The van der Waals surface area contributed by atoms with E-state index < -0.39 is 0 Å². The van der Waals surface area contributed by atoms with Gasteiger partial charge in [-0.15, -0.1) is 5.10 Å². The van der Waals surface area contributed by atoms with E-state index in [1.54, 1.807) is 7.11 Å². The number of carbonyl (C=O) groups is 1. The molecule has 1 heterocycles. The van der Waals surface area contributed by atoms with E-state index in [1.165, 1.54) is 11.0 Å². The van der Waals surface area contributed by atoms with Gasteiger partial charge in [-0.25, -0.2) is 4.68 Å². The molecular weight excluding hydrogens is 308 g/mol. The van der Waals surface area contributed by atoms with Crippen LogP contribution in [0.5, 0.6) is 5.75 Å². The molecule has 1 N–H and O–H groups in total. The Balaban J connectivity index is 2.06.